The van der Waals surface area contributed by atoms with Crippen LogP contribution in [-0.2, 0) is 9.63 Å². The van der Waals surface area contributed by atoms with Gasteiger partial charge in [-0.15, -0.1) is 0 Å². The summed E-state index contributed by atoms with van der Waals surface area (Å²) in [5, 5.41) is 1.98. The number of benzene rings is 1. The van der Waals surface area contributed by atoms with Crippen LogP contribution in [0, 0.1) is 6.92 Å². The van der Waals surface area contributed by atoms with E-state index in [9.17, 15) is 4.79 Å². The molecule has 29 heavy (non-hydrogen) atoms. The summed E-state index contributed by atoms with van der Waals surface area (Å²) >= 11 is 0. The highest BCUT2D eigenvalue weighted by atomic mass is 16.7. The zero-order valence-electron chi connectivity index (χ0n) is 17.9. The van der Waals surface area contributed by atoms with Gasteiger partial charge in [0.2, 0.25) is 5.91 Å². The van der Waals surface area contributed by atoms with Crippen LogP contribution < -0.4 is 4.90 Å². The first-order chi connectivity index (χ1) is 14.2. The molecule has 6 heteroatoms. The van der Waals surface area contributed by atoms with Crippen molar-refractivity contribution in [2.75, 3.05) is 63.9 Å². The van der Waals surface area contributed by atoms with Crippen LogP contribution in [0.3, 0.4) is 0 Å². The van der Waals surface area contributed by atoms with E-state index in [2.05, 4.69) is 45.9 Å². The van der Waals surface area contributed by atoms with Crippen LogP contribution in [-0.4, -0.2) is 85.8 Å². The summed E-state index contributed by atoms with van der Waals surface area (Å²) in [6, 6.07) is 9.19. The van der Waals surface area contributed by atoms with Gasteiger partial charge in [-0.05, 0) is 44.2 Å². The van der Waals surface area contributed by atoms with Crippen molar-refractivity contribution >= 4 is 11.6 Å². The van der Waals surface area contributed by atoms with Gasteiger partial charge in [0, 0.05) is 70.5 Å². The van der Waals surface area contributed by atoms with Crippen molar-refractivity contribution in [3.63, 3.8) is 0 Å². The van der Waals surface area contributed by atoms with Gasteiger partial charge in [-0.2, -0.15) is 5.06 Å². The third-order valence-corrected chi connectivity index (χ3v) is 6.69. The lowest BCUT2D eigenvalue weighted by Crippen LogP contribution is -2.56. The zero-order chi connectivity index (χ0) is 20.1. The molecule has 6 nitrogen and oxygen atoms in total. The summed E-state index contributed by atoms with van der Waals surface area (Å²) in [5.74, 6) is 0.294. The quantitative estimate of drug-likeness (QED) is 0.760. The molecule has 160 valence electrons. The van der Waals surface area contributed by atoms with Crippen molar-refractivity contribution in [1.29, 1.82) is 0 Å². The molecule has 0 radical (unpaired) electrons. The SMILES string of the molecule is Cc1ccccc1N1CCN([C@H]2CCCN(C(=O)CCN3CCCCO3)C2)CC1. The van der Waals surface area contributed by atoms with Gasteiger partial charge < -0.3 is 9.80 Å². The van der Waals surface area contributed by atoms with E-state index in [1.807, 2.05) is 5.06 Å². The van der Waals surface area contributed by atoms with Gasteiger partial charge in [-0.3, -0.25) is 14.5 Å². The minimum absolute atomic E-state index is 0.294. The second kappa shape index (κ2) is 9.92. The van der Waals surface area contributed by atoms with Gasteiger partial charge in [-0.25, -0.2) is 0 Å². The maximum absolute atomic E-state index is 12.8. The minimum atomic E-state index is 0.294. The first-order valence-corrected chi connectivity index (χ1v) is 11.4. The van der Waals surface area contributed by atoms with E-state index in [4.69, 9.17) is 4.84 Å². The number of nitrogens with zero attached hydrogens (tertiary/aromatic N) is 4. The number of carbonyl (C=O) groups is 1. The molecule has 0 bridgehead atoms. The molecule has 3 fully saturated rings. The molecule has 0 N–H and O–H groups in total. The number of hydrogen-bond acceptors (Lipinski definition) is 5. The number of anilines is 1. The van der Waals surface area contributed by atoms with E-state index in [0.717, 1.165) is 71.8 Å². The molecular weight excluding hydrogens is 364 g/mol. The van der Waals surface area contributed by atoms with Crippen LogP contribution in [0.4, 0.5) is 5.69 Å². The van der Waals surface area contributed by atoms with Crippen molar-refractivity contribution < 1.29 is 9.63 Å². The van der Waals surface area contributed by atoms with Crippen molar-refractivity contribution in [2.45, 2.75) is 45.1 Å². The molecule has 3 heterocycles. The number of para-hydroxylation sites is 1. The lowest BCUT2D eigenvalue weighted by Gasteiger charge is -2.44. The summed E-state index contributed by atoms with van der Waals surface area (Å²) in [6.07, 6.45) is 5.22. The molecule has 0 saturated carbocycles. The summed E-state index contributed by atoms with van der Waals surface area (Å²) in [5.41, 5.74) is 2.72. The Hall–Kier alpha value is -1.63. The van der Waals surface area contributed by atoms with Crippen LogP contribution in [0.1, 0.15) is 37.7 Å². The van der Waals surface area contributed by atoms with Gasteiger partial charge in [0.15, 0.2) is 0 Å². The normalized spacial score (nSPS) is 24.7. The molecule has 0 aliphatic carbocycles. The first-order valence-electron chi connectivity index (χ1n) is 11.4. The molecule has 0 spiro atoms. The molecule has 1 atom stereocenters. The van der Waals surface area contributed by atoms with E-state index >= 15 is 0 Å². The Labute approximate surface area is 175 Å². The van der Waals surface area contributed by atoms with Crippen molar-refractivity contribution in [1.82, 2.24) is 14.9 Å². The fourth-order valence-corrected chi connectivity index (χ4v) is 4.93. The minimum Gasteiger partial charge on any atom is -0.369 e. The highest BCUT2D eigenvalue weighted by molar-refractivity contribution is 5.76. The van der Waals surface area contributed by atoms with Gasteiger partial charge in [0.05, 0.1) is 6.61 Å². The number of piperidine rings is 1. The Morgan fingerprint density at radius 3 is 2.62 bits per heavy atom. The van der Waals surface area contributed by atoms with Crippen LogP contribution in [0.5, 0.6) is 0 Å². The van der Waals surface area contributed by atoms with Gasteiger partial charge >= 0.3 is 0 Å². The summed E-state index contributed by atoms with van der Waals surface area (Å²) in [4.78, 5) is 25.6. The van der Waals surface area contributed by atoms with Crippen LogP contribution in [0.25, 0.3) is 0 Å². The Bertz CT molecular complexity index is 669. The number of rotatable bonds is 5. The van der Waals surface area contributed by atoms with E-state index in [1.54, 1.807) is 0 Å². The average Bonchev–Trinajstić information content (AvgIpc) is 2.79. The van der Waals surface area contributed by atoms with E-state index in [1.165, 1.54) is 24.1 Å². The number of hydrogen-bond donors (Lipinski definition) is 0. The Morgan fingerprint density at radius 1 is 1.03 bits per heavy atom. The average molecular weight is 401 g/mol. The van der Waals surface area contributed by atoms with Crippen LogP contribution in [0.15, 0.2) is 24.3 Å². The van der Waals surface area contributed by atoms with Crippen molar-refractivity contribution in [2.24, 2.45) is 0 Å². The molecule has 3 aliphatic heterocycles. The van der Waals surface area contributed by atoms with E-state index in [0.29, 0.717) is 18.4 Å². The largest absolute Gasteiger partial charge is 0.369 e. The van der Waals surface area contributed by atoms with Gasteiger partial charge in [0.1, 0.15) is 0 Å². The number of aryl methyl sites for hydroxylation is 1. The first kappa shape index (κ1) is 20.6. The number of amides is 1. The zero-order valence-corrected chi connectivity index (χ0v) is 17.9. The lowest BCUT2D eigenvalue weighted by atomic mass is 10.0. The number of hydroxylamine groups is 2. The third-order valence-electron chi connectivity index (χ3n) is 6.69. The van der Waals surface area contributed by atoms with Crippen molar-refractivity contribution in [3.05, 3.63) is 29.8 Å². The maximum Gasteiger partial charge on any atom is 0.224 e. The second-order valence-electron chi connectivity index (χ2n) is 8.66. The number of likely N-dealkylation sites (tertiary alicyclic amines) is 1. The Kier molecular flexibility index (Phi) is 7.06. The molecule has 1 aromatic carbocycles. The molecule has 4 rings (SSSR count). The fraction of sp³-hybridized carbons (Fsp3) is 0.696. The predicted octanol–water partition coefficient (Wildman–Crippen LogP) is 2.53. The summed E-state index contributed by atoms with van der Waals surface area (Å²) < 4.78 is 0. The molecule has 0 unspecified atom stereocenters. The molecule has 3 saturated heterocycles. The summed E-state index contributed by atoms with van der Waals surface area (Å²) in [6.45, 7) is 10.8. The molecule has 1 aromatic rings. The molecule has 3 aliphatic rings. The second-order valence-corrected chi connectivity index (χ2v) is 8.66. The van der Waals surface area contributed by atoms with E-state index < -0.39 is 0 Å². The fourth-order valence-electron chi connectivity index (χ4n) is 4.93. The maximum atomic E-state index is 12.8. The number of carbonyl (C=O) groups excluding carboxylic acids is 1. The molecule has 1 amide bonds. The Morgan fingerprint density at radius 2 is 1.86 bits per heavy atom. The van der Waals surface area contributed by atoms with Gasteiger partial charge in [0.25, 0.3) is 0 Å². The Balaban J connectivity index is 1.24. The van der Waals surface area contributed by atoms with Gasteiger partial charge in [-0.1, -0.05) is 18.2 Å². The predicted molar refractivity (Wildman–Crippen MR) is 116 cm³/mol. The topological polar surface area (TPSA) is 39.3 Å². The van der Waals surface area contributed by atoms with Crippen LogP contribution >= 0.6 is 0 Å². The standard InChI is InChI=1S/C23H36N4O2/c1-20-7-2-3-9-22(20)25-16-14-24(15-17-25)21-8-6-11-26(19-21)23(28)10-13-27-12-4-5-18-29-27/h2-3,7,9,21H,4-6,8,10-19H2,1H3/t21-/m0/s1. The summed E-state index contributed by atoms with van der Waals surface area (Å²) in [7, 11) is 0. The van der Waals surface area contributed by atoms with Crippen molar-refractivity contribution in [3.8, 4) is 0 Å². The third kappa shape index (κ3) is 5.30. The highest BCUT2D eigenvalue weighted by Gasteiger charge is 2.30. The van der Waals surface area contributed by atoms with Crippen LogP contribution in [0.2, 0.25) is 0 Å². The monoisotopic (exact) mass is 400 g/mol. The number of piperazine rings is 1. The smallest absolute Gasteiger partial charge is 0.224 e. The van der Waals surface area contributed by atoms with E-state index in [-0.39, 0.29) is 0 Å². The lowest BCUT2D eigenvalue weighted by molar-refractivity contribution is -0.182. The molecular formula is C23H36N4O2. The highest BCUT2D eigenvalue weighted by Crippen LogP contribution is 2.23. The molecule has 0 aromatic heterocycles.